The number of halogens is 1. The summed E-state index contributed by atoms with van der Waals surface area (Å²) >= 11 is 7.06. The number of sulfone groups is 1. The zero-order valence-corrected chi connectivity index (χ0v) is 16.3. The van der Waals surface area contributed by atoms with Gasteiger partial charge in [0, 0.05) is 11.6 Å². The van der Waals surface area contributed by atoms with Gasteiger partial charge in [-0.05, 0) is 25.0 Å². The molecule has 0 spiro atoms. The van der Waals surface area contributed by atoms with E-state index in [1.807, 2.05) is 0 Å². The third-order valence-electron chi connectivity index (χ3n) is 3.15. The number of aryl methyl sites for hydroxylation is 1. The fourth-order valence-electron chi connectivity index (χ4n) is 2.06. The van der Waals surface area contributed by atoms with Crippen LogP contribution in [0.1, 0.15) is 25.5 Å². The molecule has 0 aliphatic heterocycles. The Kier molecular flexibility index (Phi) is 5.90. The van der Waals surface area contributed by atoms with Crippen molar-refractivity contribution in [1.82, 2.24) is 4.98 Å². The minimum Gasteiger partial charge on any atom is -0.255 e. The molecule has 0 aliphatic rings. The summed E-state index contributed by atoms with van der Waals surface area (Å²) in [4.78, 5) is 3.42. The van der Waals surface area contributed by atoms with Gasteiger partial charge in [-0.2, -0.15) is 0 Å². The molecule has 2 aromatic rings. The first kappa shape index (κ1) is 19.2. The lowest BCUT2D eigenvalue weighted by molar-refractivity contribution is 0.588. The van der Waals surface area contributed by atoms with Crippen LogP contribution in [0.3, 0.4) is 0 Å². The number of anilines is 1. The summed E-state index contributed by atoms with van der Waals surface area (Å²) in [6, 6.07) is 3.93. The SMILES string of the molecule is CCCCc1csc(NS(=O)(=O)c2cccc(Cl)c2S(C)(=O)=O)n1. The Morgan fingerprint density at radius 2 is 1.96 bits per heavy atom. The molecule has 132 valence electrons. The third-order valence-corrected chi connectivity index (χ3v) is 7.21. The van der Waals surface area contributed by atoms with Crippen LogP contribution in [0.15, 0.2) is 33.4 Å². The number of thiazole rings is 1. The maximum Gasteiger partial charge on any atom is 0.265 e. The lowest BCUT2D eigenvalue weighted by atomic mass is 10.2. The van der Waals surface area contributed by atoms with Crippen LogP contribution in [-0.2, 0) is 26.3 Å². The maximum atomic E-state index is 12.6. The van der Waals surface area contributed by atoms with Gasteiger partial charge in [-0.25, -0.2) is 21.8 Å². The van der Waals surface area contributed by atoms with E-state index in [1.165, 1.54) is 18.2 Å². The zero-order chi connectivity index (χ0) is 18.0. The number of aromatic nitrogens is 1. The lowest BCUT2D eigenvalue weighted by Gasteiger charge is -2.11. The molecule has 0 saturated carbocycles. The molecule has 6 nitrogen and oxygen atoms in total. The smallest absolute Gasteiger partial charge is 0.255 e. The summed E-state index contributed by atoms with van der Waals surface area (Å²) in [7, 11) is -7.94. The molecule has 0 bridgehead atoms. The van der Waals surface area contributed by atoms with Crippen LogP contribution in [0.25, 0.3) is 0 Å². The minimum atomic E-state index is -4.12. The standard InChI is InChI=1S/C14H17ClN2O4S3/c1-3-4-6-10-9-22-14(16-10)17-24(20,21)12-8-5-7-11(15)13(12)23(2,18)19/h5,7-9H,3-4,6H2,1-2H3,(H,16,17). The van der Waals surface area contributed by atoms with Crippen LogP contribution in [-0.4, -0.2) is 28.1 Å². The van der Waals surface area contributed by atoms with Crippen molar-refractivity contribution in [3.05, 3.63) is 34.3 Å². The van der Waals surface area contributed by atoms with Gasteiger partial charge in [0.05, 0.1) is 10.7 Å². The Balaban J connectivity index is 2.38. The quantitative estimate of drug-likeness (QED) is 0.758. The molecule has 2 rings (SSSR count). The monoisotopic (exact) mass is 408 g/mol. The molecule has 1 aromatic carbocycles. The first-order chi connectivity index (χ1) is 11.1. The summed E-state index contributed by atoms with van der Waals surface area (Å²) < 4.78 is 51.3. The molecule has 0 amide bonds. The normalized spacial score (nSPS) is 12.3. The zero-order valence-electron chi connectivity index (χ0n) is 13.1. The average molecular weight is 409 g/mol. The van der Waals surface area contributed by atoms with E-state index in [-0.39, 0.29) is 15.0 Å². The van der Waals surface area contributed by atoms with Crippen LogP contribution >= 0.6 is 22.9 Å². The van der Waals surface area contributed by atoms with Crippen molar-refractivity contribution in [3.63, 3.8) is 0 Å². The summed E-state index contributed by atoms with van der Waals surface area (Å²) in [5.74, 6) is 0. The molecule has 0 saturated heterocycles. The number of benzene rings is 1. The van der Waals surface area contributed by atoms with Crippen LogP contribution < -0.4 is 4.72 Å². The highest BCUT2D eigenvalue weighted by Crippen LogP contribution is 2.30. The highest BCUT2D eigenvalue weighted by molar-refractivity contribution is 7.95. The summed E-state index contributed by atoms with van der Waals surface area (Å²) in [6.45, 7) is 2.06. The largest absolute Gasteiger partial charge is 0.265 e. The van der Waals surface area contributed by atoms with Gasteiger partial charge in [-0.15, -0.1) is 11.3 Å². The number of unbranched alkanes of at least 4 members (excludes halogenated alkanes) is 1. The van der Waals surface area contributed by atoms with Gasteiger partial charge >= 0.3 is 0 Å². The first-order valence-electron chi connectivity index (χ1n) is 7.11. The molecular weight excluding hydrogens is 392 g/mol. The fourth-order valence-corrected chi connectivity index (χ4v) is 6.45. The van der Waals surface area contributed by atoms with Gasteiger partial charge in [0.2, 0.25) is 0 Å². The Morgan fingerprint density at radius 3 is 2.58 bits per heavy atom. The second-order valence-corrected chi connectivity index (χ2v) is 10.1. The van der Waals surface area contributed by atoms with Gasteiger partial charge in [0.15, 0.2) is 15.0 Å². The van der Waals surface area contributed by atoms with Crippen molar-refractivity contribution in [2.45, 2.75) is 36.0 Å². The predicted octanol–water partition coefficient (Wildman–Crippen LogP) is 3.34. The van der Waals surface area contributed by atoms with E-state index in [4.69, 9.17) is 11.6 Å². The number of hydrogen-bond acceptors (Lipinski definition) is 6. The van der Waals surface area contributed by atoms with Gasteiger partial charge in [-0.1, -0.05) is 31.0 Å². The maximum absolute atomic E-state index is 12.6. The highest BCUT2D eigenvalue weighted by Gasteiger charge is 2.27. The van der Waals surface area contributed by atoms with Crippen molar-refractivity contribution < 1.29 is 16.8 Å². The molecule has 0 radical (unpaired) electrons. The van der Waals surface area contributed by atoms with Gasteiger partial charge in [0.25, 0.3) is 10.0 Å². The molecule has 0 fully saturated rings. The molecule has 24 heavy (non-hydrogen) atoms. The second-order valence-electron chi connectivity index (χ2n) is 5.19. The van der Waals surface area contributed by atoms with E-state index in [9.17, 15) is 16.8 Å². The Bertz CT molecular complexity index is 937. The number of sulfonamides is 1. The van der Waals surface area contributed by atoms with Crippen molar-refractivity contribution in [1.29, 1.82) is 0 Å². The first-order valence-corrected chi connectivity index (χ1v) is 11.7. The van der Waals surface area contributed by atoms with Gasteiger partial charge < -0.3 is 0 Å². The highest BCUT2D eigenvalue weighted by atomic mass is 35.5. The van der Waals surface area contributed by atoms with Gasteiger partial charge in [-0.3, -0.25) is 4.72 Å². The van der Waals surface area contributed by atoms with Crippen LogP contribution in [0.2, 0.25) is 5.02 Å². The molecule has 0 unspecified atom stereocenters. The Hall–Kier alpha value is -1.16. The predicted molar refractivity (Wildman–Crippen MR) is 96.1 cm³/mol. The second kappa shape index (κ2) is 7.38. The Morgan fingerprint density at radius 1 is 1.25 bits per heavy atom. The summed E-state index contributed by atoms with van der Waals surface area (Å²) in [5, 5.41) is 1.84. The van der Waals surface area contributed by atoms with Crippen molar-refractivity contribution in [3.8, 4) is 0 Å². The van der Waals surface area contributed by atoms with Crippen molar-refractivity contribution in [2.24, 2.45) is 0 Å². The van der Waals surface area contributed by atoms with E-state index in [1.54, 1.807) is 5.38 Å². The molecule has 1 N–H and O–H groups in total. The molecule has 1 heterocycles. The number of rotatable bonds is 7. The van der Waals surface area contributed by atoms with Crippen LogP contribution in [0, 0.1) is 0 Å². The molecule has 1 aromatic heterocycles. The summed E-state index contributed by atoms with van der Waals surface area (Å²) in [5.41, 5.74) is 0.800. The fraction of sp³-hybridized carbons (Fsp3) is 0.357. The average Bonchev–Trinajstić information content (AvgIpc) is 2.90. The van der Waals surface area contributed by atoms with E-state index in [0.29, 0.717) is 0 Å². The molecular formula is C14H17ClN2O4S3. The topological polar surface area (TPSA) is 93.2 Å². The van der Waals surface area contributed by atoms with E-state index < -0.39 is 24.8 Å². The van der Waals surface area contributed by atoms with E-state index in [2.05, 4.69) is 16.6 Å². The lowest BCUT2D eigenvalue weighted by Crippen LogP contribution is -2.17. The number of nitrogens with one attached hydrogen (secondary N) is 1. The van der Waals surface area contributed by atoms with Crippen molar-refractivity contribution >= 4 is 47.9 Å². The summed E-state index contributed by atoms with van der Waals surface area (Å²) in [6.07, 6.45) is 3.65. The minimum absolute atomic E-state index is 0.136. The molecule has 0 aliphatic carbocycles. The Labute approximate surface area is 150 Å². The van der Waals surface area contributed by atoms with E-state index in [0.717, 1.165) is 42.5 Å². The van der Waals surface area contributed by atoms with Crippen molar-refractivity contribution in [2.75, 3.05) is 11.0 Å². The number of hydrogen-bond donors (Lipinski definition) is 1. The van der Waals surface area contributed by atoms with Gasteiger partial charge in [0.1, 0.15) is 9.79 Å². The third kappa shape index (κ3) is 4.47. The van der Waals surface area contributed by atoms with E-state index >= 15 is 0 Å². The molecule has 0 atom stereocenters. The van der Waals surface area contributed by atoms with Crippen LogP contribution in [0.4, 0.5) is 5.13 Å². The molecule has 10 heteroatoms. The number of nitrogens with zero attached hydrogens (tertiary/aromatic N) is 1. The van der Waals surface area contributed by atoms with Crippen LogP contribution in [0.5, 0.6) is 0 Å².